The van der Waals surface area contributed by atoms with Crippen molar-refractivity contribution in [3.8, 4) is 135 Å². The summed E-state index contributed by atoms with van der Waals surface area (Å²) in [5, 5.41) is 19.8. The number of phenolic OH excluding ortho intramolecular Hbond substituents is 2. The number of hydrogen-bond acceptors (Lipinski definition) is 4. The molecule has 0 aliphatic heterocycles. The van der Waals surface area contributed by atoms with Gasteiger partial charge in [-0.1, -0.05) is 12.2 Å². The van der Waals surface area contributed by atoms with Crippen molar-refractivity contribution in [3.63, 3.8) is 0 Å². The summed E-state index contributed by atoms with van der Waals surface area (Å²) >= 11 is 0. The summed E-state index contributed by atoms with van der Waals surface area (Å²) in [5.41, 5.74) is -57.3. The van der Waals surface area contributed by atoms with Crippen LogP contribution in [0.25, 0.3) is 100 Å². The van der Waals surface area contributed by atoms with Crippen molar-refractivity contribution in [1.29, 1.82) is 0 Å². The predicted octanol–water partition coefficient (Wildman–Crippen LogP) is 26.7. The molecule has 12 aromatic rings. The standard InChI is InChI=1S/C78H18F40O4/c1-3-5-13-11-15(7-9-17(13)119)121-77-73(115)69(111)35(70(112)74(77)116)33-65(107)61(103)31(62(104)66(33)108)29-57(99)53(95)27(54(96)58(29)100)25-49(91)45(87)23(46(88)50(25)92)21-41(83)37(79)19(38(80)42(21)84)20-39(81)43(85)22(44(86)40(20)82)24-47(89)51(93)26(52(94)48(24)90)28-55(97)59(101)30(60(102)56(28)98)32-63(105)67(109)34(68(110)64(32)106)36-71(113)75(117)78(76(118)72(36)114)122-16-8-10-18(120)14(12-16)6-4-2/h3-4,7-12,119-120H,1-2,5-6H2. The summed E-state index contributed by atoms with van der Waals surface area (Å²) in [4.78, 5) is 0. The molecule has 12 aromatic carbocycles. The summed E-state index contributed by atoms with van der Waals surface area (Å²) in [6.45, 7) is 6.67. The van der Waals surface area contributed by atoms with E-state index in [1.807, 2.05) is 0 Å². The second-order valence-corrected chi connectivity index (χ2v) is 24.7. The Bertz CT molecular complexity index is 6030. The molecule has 44 heteroatoms. The molecule has 0 fully saturated rings. The SMILES string of the molecule is C=CCc1cc(Oc2c(F)c(F)c(-c3c(F)c(F)c(-c4c(F)c(F)c(-c5c(F)c(F)c(-c6c(F)c(F)c(-c7c(F)c(F)c(-c8c(F)c(F)c(-c9c(F)c(F)c(-c%10c(F)c(F)c(-c%11c(F)c(F)c(Oc%12ccc(O)c(CC=C)c%12)c(F)c%11F)c(F)c%10F)c(F)c9F)c(F)c8F)c(F)c7F)c(F)c6F)c(F)c5F)c(F)c4F)c(F)c3F)c(F)c2F)ccc1O. The number of hydrogen-bond donors (Lipinski definition) is 2. The molecule has 0 saturated carbocycles. The summed E-state index contributed by atoms with van der Waals surface area (Å²) in [5.74, 6) is -146. The van der Waals surface area contributed by atoms with Crippen LogP contribution in [0.5, 0.6) is 34.5 Å². The van der Waals surface area contributed by atoms with Gasteiger partial charge in [-0.25, -0.2) is 158 Å². The summed E-state index contributed by atoms with van der Waals surface area (Å²) in [7, 11) is 0. The van der Waals surface area contributed by atoms with Crippen molar-refractivity contribution in [3.05, 3.63) is 306 Å². The fourth-order valence-electron chi connectivity index (χ4n) is 12.5. The maximum absolute atomic E-state index is 16.1. The molecule has 0 radical (unpaired) electrons. The fraction of sp³-hybridized carbons (Fsp3) is 0.0256. The number of rotatable bonds is 17. The molecule has 0 spiro atoms. The number of allylic oxidation sites excluding steroid dienone is 2. The maximum atomic E-state index is 16.1. The number of benzene rings is 12. The van der Waals surface area contributed by atoms with Crippen molar-refractivity contribution in [2.45, 2.75) is 12.8 Å². The lowest BCUT2D eigenvalue weighted by Crippen LogP contribution is -2.14. The first kappa shape index (κ1) is 87.8. The van der Waals surface area contributed by atoms with Crippen LogP contribution in [0.15, 0.2) is 61.7 Å². The van der Waals surface area contributed by atoms with E-state index in [4.69, 9.17) is 9.47 Å². The number of halogens is 40. The van der Waals surface area contributed by atoms with E-state index in [9.17, 15) is 10.2 Å². The Balaban J connectivity index is 0.893. The van der Waals surface area contributed by atoms with Crippen LogP contribution >= 0.6 is 0 Å². The minimum atomic E-state index is -3.75. The van der Waals surface area contributed by atoms with Crippen molar-refractivity contribution < 1.29 is 195 Å². The molecule has 0 amide bonds. The average Bonchev–Trinajstić information content (AvgIpc) is 0.721. The maximum Gasteiger partial charge on any atom is 0.205 e. The Morgan fingerprint density at radius 3 is 0.393 bits per heavy atom. The van der Waals surface area contributed by atoms with E-state index in [0.29, 0.717) is 12.1 Å². The van der Waals surface area contributed by atoms with Gasteiger partial charge < -0.3 is 19.7 Å². The molecule has 0 unspecified atom stereocenters. The third-order valence-corrected chi connectivity index (χ3v) is 18.1. The van der Waals surface area contributed by atoms with Crippen molar-refractivity contribution in [1.82, 2.24) is 0 Å². The topological polar surface area (TPSA) is 58.9 Å². The van der Waals surface area contributed by atoms with Crippen LogP contribution < -0.4 is 9.47 Å². The Kier molecular flexibility index (Phi) is 22.7. The van der Waals surface area contributed by atoms with Crippen molar-refractivity contribution >= 4 is 0 Å². The largest absolute Gasteiger partial charge is 0.508 e. The molecule has 0 bridgehead atoms. The minimum absolute atomic E-state index is 0.129. The molecule has 0 aliphatic rings. The average molecular weight is 1780 g/mol. The van der Waals surface area contributed by atoms with Gasteiger partial charge in [0.15, 0.2) is 209 Å². The first-order valence-electron chi connectivity index (χ1n) is 31.9. The summed E-state index contributed by atoms with van der Waals surface area (Å²) in [6.07, 6.45) is 1.87. The van der Waals surface area contributed by atoms with Crippen LogP contribution in [0.3, 0.4) is 0 Å². The highest BCUT2D eigenvalue weighted by molar-refractivity contribution is 5.85. The molecule has 0 heterocycles. The van der Waals surface area contributed by atoms with Gasteiger partial charge in [0.2, 0.25) is 34.8 Å². The van der Waals surface area contributed by atoms with E-state index in [-0.39, 0.29) is 24.0 Å². The first-order chi connectivity index (χ1) is 57.0. The highest BCUT2D eigenvalue weighted by Crippen LogP contribution is 2.53. The molecular formula is C78H18F40O4. The normalized spacial score (nSPS) is 11.6. The fourth-order valence-corrected chi connectivity index (χ4v) is 12.5. The third-order valence-electron chi connectivity index (χ3n) is 18.1. The molecule has 4 nitrogen and oxygen atoms in total. The number of phenols is 2. The Labute approximate surface area is 646 Å². The van der Waals surface area contributed by atoms with Gasteiger partial charge in [0.05, 0.1) is 100 Å². The molecule has 0 aromatic heterocycles. The summed E-state index contributed by atoms with van der Waals surface area (Å²) < 4.78 is 645. The Hall–Kier alpha value is -13.5. The zero-order valence-electron chi connectivity index (χ0n) is 57.3. The van der Waals surface area contributed by atoms with Gasteiger partial charge in [-0.05, 0) is 49.2 Å². The summed E-state index contributed by atoms with van der Waals surface area (Å²) in [6, 6.07) is 4.58. The lowest BCUT2D eigenvalue weighted by Gasteiger charge is -2.19. The zero-order chi connectivity index (χ0) is 90.6. The van der Waals surface area contributed by atoms with Gasteiger partial charge in [0, 0.05) is 11.1 Å². The van der Waals surface area contributed by atoms with Crippen LogP contribution in [-0.2, 0) is 12.8 Å². The van der Waals surface area contributed by atoms with E-state index >= 15 is 176 Å². The Morgan fingerprint density at radius 2 is 0.287 bits per heavy atom. The first-order valence-corrected chi connectivity index (χ1v) is 31.9. The number of ether oxygens (including phenoxy) is 2. The second kappa shape index (κ2) is 31.6. The molecule has 122 heavy (non-hydrogen) atoms. The van der Waals surface area contributed by atoms with E-state index in [2.05, 4.69) is 13.2 Å². The van der Waals surface area contributed by atoms with Crippen LogP contribution in [0, 0.1) is 233 Å². The van der Waals surface area contributed by atoms with Gasteiger partial charge in [0.1, 0.15) is 23.0 Å². The lowest BCUT2D eigenvalue weighted by atomic mass is 9.90. The molecule has 12 rings (SSSR count). The van der Waals surface area contributed by atoms with Gasteiger partial charge in [-0.3, -0.25) is 0 Å². The molecule has 2 N–H and O–H groups in total. The molecule has 0 atom stereocenters. The van der Waals surface area contributed by atoms with Crippen molar-refractivity contribution in [2.75, 3.05) is 0 Å². The van der Waals surface area contributed by atoms with E-state index in [1.54, 1.807) is 0 Å². The monoisotopic (exact) mass is 1780 g/mol. The zero-order valence-corrected chi connectivity index (χ0v) is 57.3. The highest BCUT2D eigenvalue weighted by Gasteiger charge is 2.46. The van der Waals surface area contributed by atoms with Crippen LogP contribution in [0.4, 0.5) is 176 Å². The van der Waals surface area contributed by atoms with E-state index in [1.165, 1.54) is 0 Å². The lowest BCUT2D eigenvalue weighted by molar-refractivity contribution is 0.366. The van der Waals surface area contributed by atoms with Gasteiger partial charge in [-0.15, -0.1) is 13.2 Å². The van der Waals surface area contributed by atoms with Crippen LogP contribution in [0.1, 0.15) is 11.1 Å². The van der Waals surface area contributed by atoms with E-state index < -0.39 is 367 Å². The van der Waals surface area contributed by atoms with E-state index in [0.717, 1.165) is 36.4 Å². The molecule has 0 aliphatic carbocycles. The van der Waals surface area contributed by atoms with Crippen LogP contribution in [-0.4, -0.2) is 10.2 Å². The molecule has 0 saturated heterocycles. The highest BCUT2D eigenvalue weighted by atomic mass is 19.2. The van der Waals surface area contributed by atoms with Gasteiger partial charge in [0.25, 0.3) is 0 Å². The minimum Gasteiger partial charge on any atom is -0.508 e. The third kappa shape index (κ3) is 13.0. The molecule has 634 valence electrons. The van der Waals surface area contributed by atoms with Crippen molar-refractivity contribution in [2.24, 2.45) is 0 Å². The number of aromatic hydroxyl groups is 2. The van der Waals surface area contributed by atoms with Crippen LogP contribution in [0.2, 0.25) is 0 Å². The van der Waals surface area contributed by atoms with Gasteiger partial charge in [-0.2, -0.15) is 17.6 Å². The van der Waals surface area contributed by atoms with Gasteiger partial charge >= 0.3 is 0 Å². The quantitative estimate of drug-likeness (QED) is 0.0542. The predicted molar refractivity (Wildman–Crippen MR) is 338 cm³/mol. The molecular weight excluding hydrogens is 1760 g/mol. The Morgan fingerprint density at radius 1 is 0.180 bits per heavy atom. The second-order valence-electron chi connectivity index (χ2n) is 24.7. The smallest absolute Gasteiger partial charge is 0.205 e.